The van der Waals surface area contributed by atoms with Crippen molar-refractivity contribution in [2.24, 2.45) is 0 Å². The molecule has 0 bridgehead atoms. The third kappa shape index (κ3) is 1.99. The zero-order chi connectivity index (χ0) is 9.84. The maximum atomic E-state index is 11.0. The summed E-state index contributed by atoms with van der Waals surface area (Å²) in [6, 6.07) is 3.65. The van der Waals surface area contributed by atoms with Gasteiger partial charge in [-0.05, 0) is 18.2 Å². The van der Waals surface area contributed by atoms with Crippen LogP contribution in [0.25, 0.3) is 0 Å². The maximum Gasteiger partial charge on any atom is 0.343 e. The van der Waals surface area contributed by atoms with Crippen LogP contribution < -0.4 is 0 Å². The minimum absolute atomic E-state index is 0.148. The number of esters is 1. The van der Waals surface area contributed by atoms with Crippen molar-refractivity contribution in [3.05, 3.63) is 36.6 Å². The van der Waals surface area contributed by atoms with Gasteiger partial charge in [0.15, 0.2) is 11.5 Å². The van der Waals surface area contributed by atoms with Gasteiger partial charge in [0.1, 0.15) is 0 Å². The Morgan fingerprint density at radius 1 is 1.38 bits per heavy atom. The average Bonchev–Trinajstić information content (AvgIpc) is 2.10. The van der Waals surface area contributed by atoms with Crippen molar-refractivity contribution in [3.63, 3.8) is 0 Å². The van der Waals surface area contributed by atoms with E-state index < -0.39 is 5.97 Å². The molecule has 0 aliphatic rings. The standard InChI is InChI=1S/C9H8O4/c1-2-13-9(12)6-3-4-7(10)8(11)5-6/h2-5,10-11H,1H2. The minimum Gasteiger partial charge on any atom is -0.504 e. The smallest absolute Gasteiger partial charge is 0.343 e. The van der Waals surface area contributed by atoms with E-state index in [4.69, 9.17) is 10.2 Å². The van der Waals surface area contributed by atoms with E-state index in [-0.39, 0.29) is 17.1 Å². The Kier molecular flexibility index (Phi) is 2.54. The topological polar surface area (TPSA) is 66.8 Å². The fourth-order valence-corrected chi connectivity index (χ4v) is 0.794. The Labute approximate surface area is 74.7 Å². The predicted molar refractivity (Wildman–Crippen MR) is 45.4 cm³/mol. The highest BCUT2D eigenvalue weighted by molar-refractivity contribution is 5.90. The first kappa shape index (κ1) is 9.12. The molecule has 4 nitrogen and oxygen atoms in total. The molecule has 4 heteroatoms. The first-order valence-electron chi connectivity index (χ1n) is 3.49. The molecule has 0 aromatic heterocycles. The van der Waals surface area contributed by atoms with Crippen molar-refractivity contribution < 1.29 is 19.7 Å². The van der Waals surface area contributed by atoms with E-state index in [9.17, 15) is 4.79 Å². The van der Waals surface area contributed by atoms with E-state index in [1.54, 1.807) is 0 Å². The second-order valence-corrected chi connectivity index (χ2v) is 2.28. The molecule has 0 atom stereocenters. The molecule has 0 unspecified atom stereocenters. The van der Waals surface area contributed by atoms with Gasteiger partial charge >= 0.3 is 5.97 Å². The molecule has 0 aliphatic carbocycles. The highest BCUT2D eigenvalue weighted by Crippen LogP contribution is 2.24. The molecule has 1 rings (SSSR count). The molecule has 68 valence electrons. The van der Waals surface area contributed by atoms with Crippen LogP contribution in [-0.4, -0.2) is 16.2 Å². The maximum absolute atomic E-state index is 11.0. The molecule has 2 N–H and O–H groups in total. The van der Waals surface area contributed by atoms with Crippen molar-refractivity contribution in [1.82, 2.24) is 0 Å². The van der Waals surface area contributed by atoms with Crippen LogP contribution >= 0.6 is 0 Å². The number of phenolic OH excluding ortho intramolecular Hbond substituents is 2. The van der Waals surface area contributed by atoms with Crippen molar-refractivity contribution >= 4 is 5.97 Å². The van der Waals surface area contributed by atoms with Gasteiger partial charge < -0.3 is 14.9 Å². The van der Waals surface area contributed by atoms with Gasteiger partial charge in [-0.1, -0.05) is 6.58 Å². The number of aromatic hydroxyl groups is 2. The molecule has 1 aromatic carbocycles. The number of hydrogen-bond donors (Lipinski definition) is 2. The minimum atomic E-state index is -0.634. The fourth-order valence-electron chi connectivity index (χ4n) is 0.794. The summed E-state index contributed by atoms with van der Waals surface area (Å²) >= 11 is 0. The van der Waals surface area contributed by atoms with Crippen molar-refractivity contribution in [2.75, 3.05) is 0 Å². The van der Waals surface area contributed by atoms with Gasteiger partial charge in [-0.3, -0.25) is 0 Å². The highest BCUT2D eigenvalue weighted by Gasteiger charge is 2.08. The van der Waals surface area contributed by atoms with Gasteiger partial charge in [-0.15, -0.1) is 0 Å². The number of benzene rings is 1. The molecule has 0 spiro atoms. The number of hydrogen-bond acceptors (Lipinski definition) is 4. The van der Waals surface area contributed by atoms with Crippen LogP contribution in [0.15, 0.2) is 31.0 Å². The third-order valence-corrected chi connectivity index (χ3v) is 1.40. The van der Waals surface area contributed by atoms with Gasteiger partial charge in [0, 0.05) is 0 Å². The Balaban J connectivity index is 2.96. The van der Waals surface area contributed by atoms with Crippen molar-refractivity contribution in [3.8, 4) is 11.5 Å². The Morgan fingerprint density at radius 3 is 2.62 bits per heavy atom. The normalized spacial score (nSPS) is 9.23. The quantitative estimate of drug-likeness (QED) is 0.410. The Morgan fingerprint density at radius 2 is 2.08 bits per heavy atom. The van der Waals surface area contributed by atoms with Crippen LogP contribution in [0.1, 0.15) is 10.4 Å². The van der Waals surface area contributed by atoms with E-state index >= 15 is 0 Å². The number of ether oxygens (including phenoxy) is 1. The summed E-state index contributed by atoms with van der Waals surface area (Å²) in [5.41, 5.74) is 0.148. The zero-order valence-corrected chi connectivity index (χ0v) is 6.73. The van der Waals surface area contributed by atoms with Crippen LogP contribution in [0.4, 0.5) is 0 Å². The second kappa shape index (κ2) is 3.62. The molecular weight excluding hydrogens is 172 g/mol. The monoisotopic (exact) mass is 180 g/mol. The van der Waals surface area contributed by atoms with Crippen molar-refractivity contribution in [2.45, 2.75) is 0 Å². The lowest BCUT2D eigenvalue weighted by Crippen LogP contribution is -1.99. The molecule has 13 heavy (non-hydrogen) atoms. The molecule has 0 amide bonds. The van der Waals surface area contributed by atoms with E-state index in [1.807, 2.05) is 0 Å². The second-order valence-electron chi connectivity index (χ2n) is 2.28. The van der Waals surface area contributed by atoms with E-state index in [0.717, 1.165) is 12.3 Å². The molecule has 1 aromatic rings. The third-order valence-electron chi connectivity index (χ3n) is 1.40. The van der Waals surface area contributed by atoms with Crippen LogP contribution in [0.2, 0.25) is 0 Å². The SMILES string of the molecule is C=COC(=O)c1ccc(O)c(O)c1. The summed E-state index contributed by atoms with van der Waals surface area (Å²) in [5, 5.41) is 18.0. The molecule has 0 fully saturated rings. The lowest BCUT2D eigenvalue weighted by molar-refractivity contribution is 0.0663. The van der Waals surface area contributed by atoms with Crippen LogP contribution in [-0.2, 0) is 4.74 Å². The number of phenols is 2. The van der Waals surface area contributed by atoms with E-state index in [0.29, 0.717) is 0 Å². The number of carbonyl (C=O) groups is 1. The van der Waals surface area contributed by atoms with Gasteiger partial charge in [0.2, 0.25) is 0 Å². The van der Waals surface area contributed by atoms with Crippen LogP contribution in [0.3, 0.4) is 0 Å². The summed E-state index contributed by atoms with van der Waals surface area (Å²) in [7, 11) is 0. The summed E-state index contributed by atoms with van der Waals surface area (Å²) in [4.78, 5) is 11.0. The lowest BCUT2D eigenvalue weighted by Gasteiger charge is -2.00. The summed E-state index contributed by atoms with van der Waals surface area (Å²) in [5.74, 6) is -1.28. The molecule has 0 heterocycles. The van der Waals surface area contributed by atoms with E-state index in [2.05, 4.69) is 11.3 Å². The molecule has 0 saturated heterocycles. The zero-order valence-electron chi connectivity index (χ0n) is 6.73. The summed E-state index contributed by atoms with van der Waals surface area (Å²) < 4.78 is 4.45. The van der Waals surface area contributed by atoms with Gasteiger partial charge in [-0.2, -0.15) is 0 Å². The first-order chi connectivity index (χ1) is 6.15. The molecular formula is C9H8O4. The Bertz CT molecular complexity index is 343. The van der Waals surface area contributed by atoms with Crippen LogP contribution in [0, 0.1) is 0 Å². The highest BCUT2D eigenvalue weighted by atomic mass is 16.5. The molecule has 0 aliphatic heterocycles. The fraction of sp³-hybridized carbons (Fsp3) is 0. The number of rotatable bonds is 2. The van der Waals surface area contributed by atoms with E-state index in [1.165, 1.54) is 12.1 Å². The molecule has 0 radical (unpaired) electrons. The average molecular weight is 180 g/mol. The Hall–Kier alpha value is -1.97. The van der Waals surface area contributed by atoms with Crippen molar-refractivity contribution in [1.29, 1.82) is 0 Å². The van der Waals surface area contributed by atoms with Crippen LogP contribution in [0.5, 0.6) is 11.5 Å². The first-order valence-corrected chi connectivity index (χ1v) is 3.49. The molecule has 0 saturated carbocycles. The predicted octanol–water partition coefficient (Wildman–Crippen LogP) is 1.40. The largest absolute Gasteiger partial charge is 0.504 e. The van der Waals surface area contributed by atoms with Gasteiger partial charge in [0.05, 0.1) is 11.8 Å². The number of carbonyl (C=O) groups excluding carboxylic acids is 1. The van der Waals surface area contributed by atoms with Gasteiger partial charge in [-0.25, -0.2) is 4.79 Å². The van der Waals surface area contributed by atoms with Gasteiger partial charge in [0.25, 0.3) is 0 Å². The lowest BCUT2D eigenvalue weighted by atomic mass is 10.2. The summed E-state index contributed by atoms with van der Waals surface area (Å²) in [6.45, 7) is 3.21. The summed E-state index contributed by atoms with van der Waals surface area (Å²) in [6.07, 6.45) is 0.992.